The van der Waals surface area contributed by atoms with Crippen LogP contribution >= 0.6 is 0 Å². The zero-order valence-electron chi connectivity index (χ0n) is 8.12. The molecule has 1 radical (unpaired) electrons. The van der Waals surface area contributed by atoms with E-state index in [1.54, 1.807) is 0 Å². The van der Waals surface area contributed by atoms with Gasteiger partial charge in [-0.2, -0.15) is 0 Å². The molecule has 1 aromatic carbocycles. The van der Waals surface area contributed by atoms with Crippen LogP contribution in [0, 0.1) is 0 Å². The van der Waals surface area contributed by atoms with Gasteiger partial charge in [0.1, 0.15) is 0 Å². The first-order valence-corrected chi connectivity index (χ1v) is 7.32. The Balaban J connectivity index is 2.64. The first-order chi connectivity index (χ1) is 6.38. The van der Waals surface area contributed by atoms with Crippen molar-refractivity contribution in [3.8, 4) is 0 Å². The maximum absolute atomic E-state index is 5.61. The van der Waals surface area contributed by atoms with Crippen molar-refractivity contribution < 1.29 is 7.53 Å². The van der Waals surface area contributed by atoms with E-state index in [0.29, 0.717) is 0 Å². The second-order valence-electron chi connectivity index (χ2n) is 2.52. The van der Waals surface area contributed by atoms with Gasteiger partial charge in [0, 0.05) is 0 Å². The van der Waals surface area contributed by atoms with Crippen LogP contribution in [0.2, 0.25) is 0 Å². The molecule has 0 aromatic heterocycles. The van der Waals surface area contributed by atoms with Gasteiger partial charge in [0.15, 0.2) is 0 Å². The van der Waals surface area contributed by atoms with E-state index in [-0.39, 0.29) is 0 Å². The molecule has 1 aromatic rings. The summed E-state index contributed by atoms with van der Waals surface area (Å²) in [5, 5.41) is 0. The van der Waals surface area contributed by atoms with Crippen LogP contribution in [0.3, 0.4) is 0 Å². The van der Waals surface area contributed by atoms with Crippen LogP contribution in [0.4, 0.5) is 0 Å². The molecular formula is C10H15GeO2. The zero-order chi connectivity index (χ0) is 9.52. The molecule has 0 aliphatic rings. The molecule has 0 saturated carbocycles. The van der Waals surface area contributed by atoms with E-state index < -0.39 is 15.0 Å². The van der Waals surface area contributed by atoms with E-state index in [4.69, 9.17) is 7.53 Å². The zero-order valence-corrected chi connectivity index (χ0v) is 10.2. The van der Waals surface area contributed by atoms with Crippen LogP contribution < -0.4 is 4.40 Å². The standard InChI is InChI=1S/C10H15GeO2/c1-3-12-11(13-4-2)10-8-6-5-7-9-10/h5-9H,3-4H2,1-2H3. The fourth-order valence-electron chi connectivity index (χ4n) is 1.04. The van der Waals surface area contributed by atoms with E-state index >= 15 is 0 Å². The monoisotopic (exact) mass is 241 g/mol. The van der Waals surface area contributed by atoms with Crippen LogP contribution in [0.1, 0.15) is 13.8 Å². The molecule has 0 amide bonds. The number of hydrogen-bond donors (Lipinski definition) is 0. The molecule has 13 heavy (non-hydrogen) atoms. The average Bonchev–Trinajstić information content (AvgIpc) is 2.19. The van der Waals surface area contributed by atoms with E-state index in [1.165, 1.54) is 4.40 Å². The Kier molecular flexibility index (Phi) is 5.12. The van der Waals surface area contributed by atoms with Crippen molar-refractivity contribution in [2.24, 2.45) is 0 Å². The van der Waals surface area contributed by atoms with Gasteiger partial charge in [-0.3, -0.25) is 0 Å². The summed E-state index contributed by atoms with van der Waals surface area (Å²) in [4.78, 5) is 0. The van der Waals surface area contributed by atoms with Gasteiger partial charge in [0.05, 0.1) is 0 Å². The van der Waals surface area contributed by atoms with Gasteiger partial charge in [0.2, 0.25) is 0 Å². The van der Waals surface area contributed by atoms with Crippen molar-refractivity contribution in [2.45, 2.75) is 13.8 Å². The molecular weight excluding hydrogens is 225 g/mol. The molecule has 0 aliphatic heterocycles. The van der Waals surface area contributed by atoms with Crippen molar-refractivity contribution in [2.75, 3.05) is 13.2 Å². The Labute approximate surface area is 84.7 Å². The van der Waals surface area contributed by atoms with Gasteiger partial charge in [-0.25, -0.2) is 0 Å². The Hall–Kier alpha value is -0.317. The maximum atomic E-state index is 5.61. The summed E-state index contributed by atoms with van der Waals surface area (Å²) in [5.74, 6) is 0. The Morgan fingerprint density at radius 1 is 1.00 bits per heavy atom. The normalized spacial score (nSPS) is 10.7. The third kappa shape index (κ3) is 3.50. The molecule has 0 spiro atoms. The molecule has 2 nitrogen and oxygen atoms in total. The average molecular weight is 240 g/mol. The summed E-state index contributed by atoms with van der Waals surface area (Å²) in [6, 6.07) is 10.2. The van der Waals surface area contributed by atoms with Gasteiger partial charge < -0.3 is 0 Å². The first kappa shape index (κ1) is 10.8. The van der Waals surface area contributed by atoms with Crippen LogP contribution in [0.15, 0.2) is 30.3 Å². The second kappa shape index (κ2) is 6.18. The summed E-state index contributed by atoms with van der Waals surface area (Å²) in [7, 11) is 0. The minimum atomic E-state index is -1.87. The van der Waals surface area contributed by atoms with Crippen LogP contribution in [0.25, 0.3) is 0 Å². The van der Waals surface area contributed by atoms with Gasteiger partial charge in [-0.05, 0) is 0 Å². The predicted octanol–water partition coefficient (Wildman–Crippen LogP) is 1.45. The molecule has 0 N–H and O–H groups in total. The summed E-state index contributed by atoms with van der Waals surface area (Å²) in [6.07, 6.45) is 0. The van der Waals surface area contributed by atoms with E-state index in [0.717, 1.165) is 13.2 Å². The first-order valence-electron chi connectivity index (χ1n) is 4.56. The molecule has 0 bridgehead atoms. The van der Waals surface area contributed by atoms with E-state index in [1.807, 2.05) is 32.0 Å². The van der Waals surface area contributed by atoms with Crippen molar-refractivity contribution in [3.05, 3.63) is 30.3 Å². The fourth-order valence-corrected chi connectivity index (χ4v) is 3.99. The van der Waals surface area contributed by atoms with E-state index in [2.05, 4.69) is 12.1 Å². The number of hydrogen-bond acceptors (Lipinski definition) is 2. The second-order valence-corrected chi connectivity index (χ2v) is 6.15. The fraction of sp³-hybridized carbons (Fsp3) is 0.400. The molecule has 0 atom stereocenters. The number of rotatable bonds is 5. The Morgan fingerprint density at radius 2 is 1.54 bits per heavy atom. The Bertz CT molecular complexity index is 220. The van der Waals surface area contributed by atoms with Crippen molar-refractivity contribution >= 4 is 19.4 Å². The van der Waals surface area contributed by atoms with Crippen LogP contribution in [0.5, 0.6) is 0 Å². The quantitative estimate of drug-likeness (QED) is 0.725. The third-order valence-electron chi connectivity index (χ3n) is 1.56. The van der Waals surface area contributed by atoms with Gasteiger partial charge >= 0.3 is 84.3 Å². The van der Waals surface area contributed by atoms with Crippen LogP contribution in [-0.4, -0.2) is 28.2 Å². The molecule has 0 fully saturated rings. The van der Waals surface area contributed by atoms with E-state index in [9.17, 15) is 0 Å². The third-order valence-corrected chi connectivity index (χ3v) is 5.56. The summed E-state index contributed by atoms with van der Waals surface area (Å²) in [6.45, 7) is 5.50. The topological polar surface area (TPSA) is 18.5 Å². The van der Waals surface area contributed by atoms with Crippen molar-refractivity contribution in [1.29, 1.82) is 0 Å². The predicted molar refractivity (Wildman–Crippen MR) is 55.1 cm³/mol. The van der Waals surface area contributed by atoms with Gasteiger partial charge in [-0.15, -0.1) is 0 Å². The summed E-state index contributed by atoms with van der Waals surface area (Å²) in [5.41, 5.74) is 0. The molecule has 0 heterocycles. The molecule has 3 heteroatoms. The summed E-state index contributed by atoms with van der Waals surface area (Å²) >= 11 is -1.87. The molecule has 71 valence electrons. The van der Waals surface area contributed by atoms with Crippen molar-refractivity contribution in [1.82, 2.24) is 0 Å². The molecule has 0 saturated heterocycles. The number of benzene rings is 1. The van der Waals surface area contributed by atoms with Gasteiger partial charge in [-0.1, -0.05) is 0 Å². The van der Waals surface area contributed by atoms with Crippen molar-refractivity contribution in [3.63, 3.8) is 0 Å². The SMILES string of the molecule is CC[O][Ge]([O]CC)[c]1ccccc1. The molecule has 0 aliphatic carbocycles. The van der Waals surface area contributed by atoms with Gasteiger partial charge in [0.25, 0.3) is 0 Å². The summed E-state index contributed by atoms with van der Waals surface area (Å²) < 4.78 is 12.5. The minimum absolute atomic E-state index is 0.740. The Morgan fingerprint density at radius 3 is 2.00 bits per heavy atom. The van der Waals surface area contributed by atoms with Crippen LogP contribution in [-0.2, 0) is 7.53 Å². The molecule has 1 rings (SSSR count). The molecule has 0 unspecified atom stereocenters.